The van der Waals surface area contributed by atoms with Crippen LogP contribution in [0.3, 0.4) is 0 Å². The zero-order chi connectivity index (χ0) is 14.7. The highest BCUT2D eigenvalue weighted by Gasteiger charge is 2.23. The van der Waals surface area contributed by atoms with Crippen molar-refractivity contribution in [3.8, 4) is 0 Å². The second-order valence-corrected chi connectivity index (χ2v) is 5.49. The van der Waals surface area contributed by atoms with E-state index in [1.807, 2.05) is 43.3 Å². The monoisotopic (exact) mass is 287 g/mol. The first kappa shape index (κ1) is 14.0. The number of nitrogens with one attached hydrogen (secondary N) is 1. The lowest BCUT2D eigenvalue weighted by Gasteiger charge is -2.32. The number of hydrogen-bond acceptors (Lipinski definition) is 5. The van der Waals surface area contributed by atoms with Crippen LogP contribution in [0.5, 0.6) is 0 Å². The molecule has 0 unspecified atom stereocenters. The molecule has 0 saturated carbocycles. The van der Waals surface area contributed by atoms with Crippen molar-refractivity contribution in [2.24, 2.45) is 0 Å². The molecular weight excluding hydrogens is 266 g/mol. The smallest absolute Gasteiger partial charge is 0.128 e. The summed E-state index contributed by atoms with van der Waals surface area (Å²) in [6, 6.07) is 8.09. The number of hydrogen-bond donors (Lipinski definition) is 1. The van der Waals surface area contributed by atoms with Crippen LogP contribution in [0.15, 0.2) is 30.5 Å². The normalized spacial score (nSPS) is 19.6. The van der Waals surface area contributed by atoms with Crippen LogP contribution in [0, 0.1) is 0 Å². The summed E-state index contributed by atoms with van der Waals surface area (Å²) in [5.74, 6) is 0.960. The Hall–Kier alpha value is -1.92. The van der Waals surface area contributed by atoms with Gasteiger partial charge in [0.05, 0.1) is 12.3 Å². The summed E-state index contributed by atoms with van der Waals surface area (Å²) >= 11 is 0. The Bertz CT molecular complexity index is 569. The van der Waals surface area contributed by atoms with Gasteiger partial charge < -0.3 is 9.64 Å². The van der Waals surface area contributed by atoms with Crippen molar-refractivity contribution in [2.75, 3.05) is 38.7 Å². The van der Waals surface area contributed by atoms with Crippen molar-refractivity contribution in [3.63, 3.8) is 0 Å². The first-order chi connectivity index (χ1) is 10.2. The van der Waals surface area contributed by atoms with Gasteiger partial charge in [0.2, 0.25) is 0 Å². The Labute approximate surface area is 124 Å². The van der Waals surface area contributed by atoms with Gasteiger partial charge in [-0.25, -0.2) is 4.98 Å². The summed E-state index contributed by atoms with van der Waals surface area (Å²) < 4.78 is 5.90. The van der Waals surface area contributed by atoms with Crippen LogP contribution in [0.25, 0.3) is 0 Å². The van der Waals surface area contributed by atoms with E-state index >= 15 is 0 Å². The first-order valence-corrected chi connectivity index (χ1v) is 7.19. The number of aromatic nitrogens is 3. The number of morpholine rings is 1. The van der Waals surface area contributed by atoms with Crippen LogP contribution in [-0.4, -0.2) is 53.9 Å². The third-order valence-corrected chi connectivity index (χ3v) is 3.65. The van der Waals surface area contributed by atoms with Gasteiger partial charge in [-0.1, -0.05) is 6.07 Å². The van der Waals surface area contributed by atoms with E-state index < -0.39 is 0 Å². The second kappa shape index (κ2) is 6.24. The molecule has 1 aliphatic heterocycles. The molecule has 3 heterocycles. The molecule has 1 atom stereocenters. The third kappa shape index (κ3) is 3.40. The summed E-state index contributed by atoms with van der Waals surface area (Å²) in [7, 11) is 4.00. The van der Waals surface area contributed by atoms with E-state index in [-0.39, 0.29) is 6.10 Å². The number of rotatable bonds is 4. The van der Waals surface area contributed by atoms with Gasteiger partial charge in [0.1, 0.15) is 11.9 Å². The maximum Gasteiger partial charge on any atom is 0.128 e. The van der Waals surface area contributed by atoms with Crippen LogP contribution in [0.1, 0.15) is 17.5 Å². The average molecular weight is 287 g/mol. The molecule has 0 aliphatic carbocycles. The molecule has 2 aromatic rings. The predicted molar refractivity (Wildman–Crippen MR) is 81.1 cm³/mol. The van der Waals surface area contributed by atoms with Gasteiger partial charge in [0.15, 0.2) is 0 Å². The fraction of sp³-hybridized carbons (Fsp3) is 0.467. The molecule has 3 rings (SSSR count). The number of H-pyrrole nitrogens is 1. The summed E-state index contributed by atoms with van der Waals surface area (Å²) in [5.41, 5.74) is 2.13. The topological polar surface area (TPSA) is 57.3 Å². The van der Waals surface area contributed by atoms with E-state index in [4.69, 9.17) is 4.74 Å². The van der Waals surface area contributed by atoms with Crippen LogP contribution >= 0.6 is 0 Å². The minimum atomic E-state index is 0.0292. The molecule has 0 amide bonds. The summed E-state index contributed by atoms with van der Waals surface area (Å²) in [6.07, 6.45) is 1.82. The zero-order valence-corrected chi connectivity index (χ0v) is 12.5. The lowest BCUT2D eigenvalue weighted by Crippen LogP contribution is -2.38. The van der Waals surface area contributed by atoms with Crippen LogP contribution in [0.2, 0.25) is 0 Å². The van der Waals surface area contributed by atoms with Crippen molar-refractivity contribution in [3.05, 3.63) is 41.9 Å². The van der Waals surface area contributed by atoms with E-state index in [0.717, 1.165) is 43.4 Å². The van der Waals surface area contributed by atoms with E-state index in [1.165, 1.54) is 0 Å². The zero-order valence-electron chi connectivity index (χ0n) is 12.5. The Morgan fingerprint density at radius 2 is 2.29 bits per heavy atom. The first-order valence-electron chi connectivity index (χ1n) is 7.19. The van der Waals surface area contributed by atoms with Gasteiger partial charge in [-0.2, -0.15) is 5.10 Å². The molecule has 1 aliphatic rings. The Morgan fingerprint density at radius 1 is 1.38 bits per heavy atom. The molecule has 1 saturated heterocycles. The van der Waals surface area contributed by atoms with Crippen LogP contribution in [0.4, 0.5) is 5.82 Å². The maximum absolute atomic E-state index is 5.90. The molecule has 0 radical (unpaired) electrons. The number of nitrogens with zero attached hydrogens (tertiary/aromatic N) is 4. The lowest BCUT2D eigenvalue weighted by molar-refractivity contribution is -0.0353. The van der Waals surface area contributed by atoms with E-state index in [0.29, 0.717) is 0 Å². The quantitative estimate of drug-likeness (QED) is 0.922. The number of pyridine rings is 1. The Balaban J connectivity index is 1.69. The fourth-order valence-electron chi connectivity index (χ4n) is 2.51. The van der Waals surface area contributed by atoms with Crippen molar-refractivity contribution in [1.29, 1.82) is 0 Å². The van der Waals surface area contributed by atoms with Crippen molar-refractivity contribution in [2.45, 2.75) is 12.6 Å². The Kier molecular flexibility index (Phi) is 4.17. The molecule has 6 nitrogen and oxygen atoms in total. The highest BCUT2D eigenvalue weighted by molar-refractivity contribution is 5.37. The van der Waals surface area contributed by atoms with Gasteiger partial charge in [0, 0.05) is 45.6 Å². The molecule has 1 fully saturated rings. The molecule has 0 spiro atoms. The molecule has 112 valence electrons. The summed E-state index contributed by atoms with van der Waals surface area (Å²) in [6.45, 7) is 3.38. The molecular formula is C15H21N5O. The van der Waals surface area contributed by atoms with Gasteiger partial charge >= 0.3 is 0 Å². The van der Waals surface area contributed by atoms with Gasteiger partial charge in [-0.05, 0) is 18.2 Å². The summed E-state index contributed by atoms with van der Waals surface area (Å²) in [4.78, 5) is 9.06. The van der Waals surface area contributed by atoms with Crippen molar-refractivity contribution in [1.82, 2.24) is 20.1 Å². The molecule has 0 bridgehead atoms. The fourth-order valence-corrected chi connectivity index (χ4v) is 2.51. The molecule has 21 heavy (non-hydrogen) atoms. The predicted octanol–water partition coefficient (Wildman–Crippen LogP) is 1.44. The number of anilines is 1. The number of ether oxygens (including phenoxy) is 1. The van der Waals surface area contributed by atoms with Gasteiger partial charge in [-0.15, -0.1) is 0 Å². The number of aromatic amines is 1. The lowest BCUT2D eigenvalue weighted by atomic mass is 10.2. The third-order valence-electron chi connectivity index (χ3n) is 3.65. The van der Waals surface area contributed by atoms with E-state index in [9.17, 15) is 0 Å². The molecule has 6 heteroatoms. The molecule has 1 N–H and O–H groups in total. The van der Waals surface area contributed by atoms with Gasteiger partial charge in [-0.3, -0.25) is 10.00 Å². The van der Waals surface area contributed by atoms with E-state index in [2.05, 4.69) is 20.1 Å². The van der Waals surface area contributed by atoms with Gasteiger partial charge in [0.25, 0.3) is 0 Å². The SMILES string of the molecule is CN(C)c1cccc([C@@H]2CN(Cc3ccn[nH]3)CCO2)n1. The van der Waals surface area contributed by atoms with E-state index in [1.54, 1.807) is 6.20 Å². The standard InChI is InChI=1S/C15H21N5O/c1-19(2)15-5-3-4-13(17-15)14-11-20(8-9-21-14)10-12-6-7-16-18-12/h3-7,14H,8-11H2,1-2H3,(H,16,18)/t14-/m0/s1. The largest absolute Gasteiger partial charge is 0.369 e. The second-order valence-electron chi connectivity index (χ2n) is 5.49. The molecule has 2 aromatic heterocycles. The maximum atomic E-state index is 5.90. The van der Waals surface area contributed by atoms with Crippen molar-refractivity contribution >= 4 is 5.82 Å². The average Bonchev–Trinajstić information content (AvgIpc) is 3.00. The minimum absolute atomic E-state index is 0.0292. The Morgan fingerprint density at radius 3 is 3.05 bits per heavy atom. The van der Waals surface area contributed by atoms with Crippen molar-refractivity contribution < 1.29 is 4.74 Å². The van der Waals surface area contributed by atoms with Crippen LogP contribution in [-0.2, 0) is 11.3 Å². The molecule has 0 aromatic carbocycles. The minimum Gasteiger partial charge on any atom is -0.369 e. The summed E-state index contributed by atoms with van der Waals surface area (Å²) in [5, 5.41) is 7.00. The highest BCUT2D eigenvalue weighted by atomic mass is 16.5. The van der Waals surface area contributed by atoms with Crippen LogP contribution < -0.4 is 4.90 Å². The highest BCUT2D eigenvalue weighted by Crippen LogP contribution is 2.23.